The first-order valence-electron chi connectivity index (χ1n) is 13.1. The summed E-state index contributed by atoms with van der Waals surface area (Å²) in [6, 6.07) is 41.2. The summed E-state index contributed by atoms with van der Waals surface area (Å²) in [4.78, 5) is 10.2. The smallest absolute Gasteiger partial charge is 0.220 e. The Hall–Kier alpha value is -5.87. The number of nitrogens with zero attached hydrogens (tertiary/aromatic N) is 7. The van der Waals surface area contributed by atoms with E-state index in [1.807, 2.05) is 72.8 Å². The summed E-state index contributed by atoms with van der Waals surface area (Å²) >= 11 is 0. The Morgan fingerprint density at radius 1 is 0.475 bits per heavy atom. The third-order valence-corrected chi connectivity index (χ3v) is 7.81. The predicted molar refractivity (Wildman–Crippen MR) is 157 cm³/mol. The van der Waals surface area contributed by atoms with Gasteiger partial charge in [0, 0.05) is 0 Å². The molecule has 7 nitrogen and oxygen atoms in total. The fourth-order valence-electron chi connectivity index (χ4n) is 6.20. The summed E-state index contributed by atoms with van der Waals surface area (Å²) in [5, 5.41) is 10.4. The van der Waals surface area contributed by atoms with Gasteiger partial charge in [-0.2, -0.15) is 5.26 Å². The van der Waals surface area contributed by atoms with Gasteiger partial charge in [-0.25, -0.2) is 9.97 Å². The average molecular weight is 514 g/mol. The molecule has 0 aliphatic heterocycles. The van der Waals surface area contributed by atoms with Crippen LogP contribution in [0.25, 0.3) is 67.1 Å². The minimum atomic E-state index is 0.555. The number of nitriles is 1. The molecule has 5 aromatic carbocycles. The number of imidazole rings is 4. The lowest BCUT2D eigenvalue weighted by Crippen LogP contribution is -2.06. The second kappa shape index (κ2) is 7.59. The highest BCUT2D eigenvalue weighted by Crippen LogP contribution is 2.36. The van der Waals surface area contributed by atoms with Crippen LogP contribution in [0, 0.1) is 11.3 Å². The molecular formula is C33H19N7. The number of aromatic nitrogens is 6. The third kappa shape index (κ3) is 2.57. The Bertz CT molecular complexity index is 2510. The molecule has 9 rings (SSSR count). The second-order valence-electron chi connectivity index (χ2n) is 9.91. The standard InChI is InChI=1S/C33H19N7/c34-20-21-10-9-19-30(39-27-16-6-5-15-26(27)37-24-13-3-1-11-22(24)35-32(37)39)31(21)40-29-18-8-7-17-28(29)38-25-14-4-2-12-23(25)36-33(38)40/h1-19H. The molecule has 0 unspecified atom stereocenters. The normalized spacial score (nSPS) is 12.0. The van der Waals surface area contributed by atoms with E-state index in [2.05, 4.69) is 66.5 Å². The maximum absolute atomic E-state index is 10.4. The van der Waals surface area contributed by atoms with E-state index in [1.54, 1.807) is 0 Å². The van der Waals surface area contributed by atoms with Gasteiger partial charge in [0.25, 0.3) is 0 Å². The number of rotatable bonds is 2. The third-order valence-electron chi connectivity index (χ3n) is 7.81. The highest BCUT2D eigenvalue weighted by atomic mass is 15.3. The molecule has 0 aliphatic rings. The zero-order valence-corrected chi connectivity index (χ0v) is 21.1. The highest BCUT2D eigenvalue weighted by Gasteiger charge is 2.24. The monoisotopic (exact) mass is 513 g/mol. The summed E-state index contributed by atoms with van der Waals surface area (Å²) in [5.41, 5.74) is 10.1. The summed E-state index contributed by atoms with van der Waals surface area (Å²) in [5.74, 6) is 1.55. The fraction of sp³-hybridized carbons (Fsp3) is 0. The van der Waals surface area contributed by atoms with Crippen molar-refractivity contribution in [3.63, 3.8) is 0 Å². The van der Waals surface area contributed by atoms with Gasteiger partial charge in [-0.15, -0.1) is 0 Å². The number of fused-ring (bicyclic) bond motifs is 10. The Morgan fingerprint density at radius 2 is 0.950 bits per heavy atom. The van der Waals surface area contributed by atoms with Crippen LogP contribution in [0.15, 0.2) is 115 Å². The van der Waals surface area contributed by atoms with Crippen molar-refractivity contribution >= 4 is 55.7 Å². The van der Waals surface area contributed by atoms with Gasteiger partial charge in [-0.05, 0) is 60.7 Å². The second-order valence-corrected chi connectivity index (χ2v) is 9.91. The molecule has 0 spiro atoms. The molecule has 0 saturated heterocycles. The molecule has 0 bridgehead atoms. The molecule has 0 N–H and O–H groups in total. The summed E-state index contributed by atoms with van der Waals surface area (Å²) < 4.78 is 8.66. The van der Waals surface area contributed by atoms with Crippen LogP contribution in [-0.2, 0) is 0 Å². The number of hydrogen-bond donors (Lipinski definition) is 0. The topological polar surface area (TPSA) is 68.2 Å². The number of benzene rings is 5. The Balaban J connectivity index is 1.50. The summed E-state index contributed by atoms with van der Waals surface area (Å²) in [7, 11) is 0. The van der Waals surface area contributed by atoms with Crippen molar-refractivity contribution in [1.82, 2.24) is 27.9 Å². The van der Waals surface area contributed by atoms with Crippen LogP contribution < -0.4 is 0 Å². The van der Waals surface area contributed by atoms with E-state index in [0.717, 1.165) is 67.1 Å². The van der Waals surface area contributed by atoms with Crippen LogP contribution >= 0.6 is 0 Å². The Labute approximate surface area is 227 Å². The lowest BCUT2D eigenvalue weighted by molar-refractivity contribution is 1.04. The van der Waals surface area contributed by atoms with Gasteiger partial charge in [-0.1, -0.05) is 54.6 Å². The van der Waals surface area contributed by atoms with Gasteiger partial charge in [0.1, 0.15) is 6.07 Å². The molecular weight excluding hydrogens is 494 g/mol. The molecule has 4 aromatic heterocycles. The number of para-hydroxylation sites is 9. The molecule has 0 amide bonds. The van der Waals surface area contributed by atoms with Crippen LogP contribution in [0.2, 0.25) is 0 Å². The molecule has 7 heteroatoms. The van der Waals surface area contributed by atoms with E-state index in [0.29, 0.717) is 5.56 Å². The fourth-order valence-corrected chi connectivity index (χ4v) is 6.20. The summed E-state index contributed by atoms with van der Waals surface area (Å²) in [6.45, 7) is 0. The SMILES string of the molecule is N#Cc1cccc(-n2c3ccccc3n3c4ccccc4nc23)c1-n1c2ccccc2n2c3ccccc3nc12. The van der Waals surface area contributed by atoms with E-state index in [9.17, 15) is 5.26 Å². The molecule has 0 saturated carbocycles. The Kier molecular flexibility index (Phi) is 4.00. The van der Waals surface area contributed by atoms with Crippen molar-refractivity contribution in [2.45, 2.75) is 0 Å². The highest BCUT2D eigenvalue weighted by molar-refractivity contribution is 5.95. The molecule has 0 radical (unpaired) electrons. The first kappa shape index (κ1) is 21.1. The lowest BCUT2D eigenvalue weighted by atomic mass is 10.1. The Morgan fingerprint density at radius 3 is 1.52 bits per heavy atom. The van der Waals surface area contributed by atoms with Gasteiger partial charge in [0.2, 0.25) is 11.6 Å². The molecule has 186 valence electrons. The number of hydrogen-bond acceptors (Lipinski definition) is 3. The van der Waals surface area contributed by atoms with E-state index < -0.39 is 0 Å². The molecule has 40 heavy (non-hydrogen) atoms. The predicted octanol–water partition coefficient (Wildman–Crippen LogP) is 7.05. The summed E-state index contributed by atoms with van der Waals surface area (Å²) in [6.07, 6.45) is 0. The van der Waals surface area contributed by atoms with Gasteiger partial charge in [0.05, 0.1) is 61.1 Å². The van der Waals surface area contributed by atoms with Crippen LogP contribution in [0.3, 0.4) is 0 Å². The van der Waals surface area contributed by atoms with Crippen LogP contribution in [0.5, 0.6) is 0 Å². The van der Waals surface area contributed by atoms with Crippen LogP contribution in [-0.4, -0.2) is 27.9 Å². The van der Waals surface area contributed by atoms with Crippen molar-refractivity contribution < 1.29 is 0 Å². The lowest BCUT2D eigenvalue weighted by Gasteiger charge is -2.15. The largest absolute Gasteiger partial charge is 0.276 e. The van der Waals surface area contributed by atoms with Gasteiger partial charge in [0.15, 0.2) is 0 Å². The van der Waals surface area contributed by atoms with Gasteiger partial charge < -0.3 is 0 Å². The van der Waals surface area contributed by atoms with Crippen LogP contribution in [0.4, 0.5) is 0 Å². The first-order valence-corrected chi connectivity index (χ1v) is 13.1. The van der Waals surface area contributed by atoms with Gasteiger partial charge >= 0.3 is 0 Å². The van der Waals surface area contributed by atoms with Crippen molar-refractivity contribution in [3.8, 4) is 17.4 Å². The van der Waals surface area contributed by atoms with E-state index >= 15 is 0 Å². The molecule has 9 aromatic rings. The van der Waals surface area contributed by atoms with Crippen molar-refractivity contribution in [1.29, 1.82) is 5.26 Å². The van der Waals surface area contributed by atoms with E-state index in [-0.39, 0.29) is 0 Å². The molecule has 4 heterocycles. The molecule has 0 atom stereocenters. The first-order chi connectivity index (χ1) is 19.8. The minimum absolute atomic E-state index is 0.555. The van der Waals surface area contributed by atoms with Crippen molar-refractivity contribution in [3.05, 3.63) is 121 Å². The van der Waals surface area contributed by atoms with Crippen molar-refractivity contribution in [2.24, 2.45) is 0 Å². The molecule has 0 fully saturated rings. The average Bonchev–Trinajstić information content (AvgIpc) is 3.73. The van der Waals surface area contributed by atoms with Gasteiger partial charge in [-0.3, -0.25) is 17.9 Å². The quantitative estimate of drug-likeness (QED) is 0.249. The maximum atomic E-state index is 10.4. The van der Waals surface area contributed by atoms with Crippen molar-refractivity contribution in [2.75, 3.05) is 0 Å². The van der Waals surface area contributed by atoms with E-state index in [1.165, 1.54) is 0 Å². The zero-order valence-electron chi connectivity index (χ0n) is 21.1. The zero-order chi connectivity index (χ0) is 26.4. The minimum Gasteiger partial charge on any atom is -0.276 e. The van der Waals surface area contributed by atoms with Crippen LogP contribution in [0.1, 0.15) is 5.56 Å². The van der Waals surface area contributed by atoms with E-state index in [4.69, 9.17) is 9.97 Å². The maximum Gasteiger partial charge on any atom is 0.220 e. The molecule has 0 aliphatic carbocycles.